The summed E-state index contributed by atoms with van der Waals surface area (Å²) in [5.74, 6) is -0.141. The van der Waals surface area contributed by atoms with Gasteiger partial charge in [-0.15, -0.1) is 0 Å². The Morgan fingerprint density at radius 3 is 2.77 bits per heavy atom. The number of rotatable bonds is 3. The number of anilines is 1. The van der Waals surface area contributed by atoms with Gasteiger partial charge < -0.3 is 5.32 Å². The smallest absolute Gasteiger partial charge is 0.223 e. The minimum Gasteiger partial charge on any atom is -0.302 e. The molecule has 0 radical (unpaired) electrons. The summed E-state index contributed by atoms with van der Waals surface area (Å²) in [4.78, 5) is 21.4. The number of nitrogens with one attached hydrogen (secondary N) is 1. The highest BCUT2D eigenvalue weighted by atomic mass is 32.1. The molecule has 0 aliphatic heterocycles. The van der Waals surface area contributed by atoms with Gasteiger partial charge in [0.2, 0.25) is 5.91 Å². The largest absolute Gasteiger partial charge is 0.302 e. The van der Waals surface area contributed by atoms with Crippen LogP contribution in [0, 0.1) is 11.3 Å². The SMILES string of the molecule is CC(=O)Nc1nc2c(s1)-c1c(c(-c3cccnc3)nn1-c1ccc(C#N)cc1)CC2. The van der Waals surface area contributed by atoms with E-state index in [2.05, 4.69) is 21.4 Å². The number of carbonyl (C=O) groups excluding carboxylic acids is 1. The van der Waals surface area contributed by atoms with E-state index in [1.54, 1.807) is 18.3 Å². The predicted molar refractivity (Wildman–Crippen MR) is 114 cm³/mol. The fraction of sp³-hybridized carbons (Fsp3) is 0.136. The summed E-state index contributed by atoms with van der Waals surface area (Å²) in [6, 6.07) is 13.4. The minimum absolute atomic E-state index is 0.141. The minimum atomic E-state index is -0.141. The van der Waals surface area contributed by atoms with E-state index < -0.39 is 0 Å². The van der Waals surface area contributed by atoms with Crippen LogP contribution in [0.2, 0.25) is 0 Å². The average molecular weight is 412 g/mol. The second kappa shape index (κ2) is 7.21. The molecule has 1 N–H and O–H groups in total. The molecule has 146 valence electrons. The molecule has 0 unspecified atom stereocenters. The molecule has 3 aromatic heterocycles. The summed E-state index contributed by atoms with van der Waals surface area (Å²) in [6.07, 6.45) is 5.14. The Morgan fingerprint density at radius 2 is 2.07 bits per heavy atom. The van der Waals surface area contributed by atoms with Crippen molar-refractivity contribution in [2.24, 2.45) is 0 Å². The number of fused-ring (bicyclic) bond motifs is 3. The Kier molecular flexibility index (Phi) is 4.38. The molecule has 1 aliphatic rings. The van der Waals surface area contributed by atoms with Crippen molar-refractivity contribution < 1.29 is 4.79 Å². The molecular formula is C22H16N6OS. The van der Waals surface area contributed by atoms with Crippen LogP contribution in [0.1, 0.15) is 23.7 Å². The third kappa shape index (κ3) is 3.06. The van der Waals surface area contributed by atoms with Crippen LogP contribution in [0.5, 0.6) is 0 Å². The number of thiazole rings is 1. The lowest BCUT2D eigenvalue weighted by atomic mass is 9.95. The summed E-state index contributed by atoms with van der Waals surface area (Å²) in [7, 11) is 0. The summed E-state index contributed by atoms with van der Waals surface area (Å²) >= 11 is 1.46. The maximum atomic E-state index is 11.5. The van der Waals surface area contributed by atoms with Crippen molar-refractivity contribution in [2.75, 3.05) is 5.32 Å². The van der Waals surface area contributed by atoms with E-state index in [0.717, 1.165) is 51.6 Å². The number of pyridine rings is 1. The lowest BCUT2D eigenvalue weighted by molar-refractivity contribution is -0.114. The van der Waals surface area contributed by atoms with Gasteiger partial charge in [-0.2, -0.15) is 10.4 Å². The molecule has 30 heavy (non-hydrogen) atoms. The van der Waals surface area contributed by atoms with Crippen LogP contribution in [0.25, 0.3) is 27.5 Å². The highest BCUT2D eigenvalue weighted by Crippen LogP contribution is 2.44. The van der Waals surface area contributed by atoms with Crippen molar-refractivity contribution in [2.45, 2.75) is 19.8 Å². The number of benzene rings is 1. The predicted octanol–water partition coefficient (Wildman–Crippen LogP) is 3.99. The maximum absolute atomic E-state index is 11.5. The number of nitrogens with zero attached hydrogens (tertiary/aromatic N) is 5. The number of aryl methyl sites for hydroxylation is 1. The van der Waals surface area contributed by atoms with Crippen molar-refractivity contribution in [1.29, 1.82) is 5.26 Å². The molecule has 0 atom stereocenters. The third-order valence-corrected chi connectivity index (χ3v) is 5.99. The first kappa shape index (κ1) is 18.2. The Hall–Kier alpha value is -3.83. The first-order valence-electron chi connectivity index (χ1n) is 9.44. The highest BCUT2D eigenvalue weighted by molar-refractivity contribution is 7.19. The molecule has 0 fully saturated rings. The molecule has 4 aromatic rings. The van der Waals surface area contributed by atoms with E-state index in [-0.39, 0.29) is 5.91 Å². The molecule has 1 aliphatic carbocycles. The van der Waals surface area contributed by atoms with Crippen LogP contribution < -0.4 is 5.32 Å². The number of nitriles is 1. The molecule has 0 saturated carbocycles. The second-order valence-electron chi connectivity index (χ2n) is 6.96. The summed E-state index contributed by atoms with van der Waals surface area (Å²) in [5, 5.41) is 17.5. The van der Waals surface area contributed by atoms with Gasteiger partial charge in [0.15, 0.2) is 5.13 Å². The zero-order chi connectivity index (χ0) is 20.7. The van der Waals surface area contributed by atoms with E-state index in [0.29, 0.717) is 10.7 Å². The fourth-order valence-corrected chi connectivity index (χ4v) is 4.79. The molecule has 0 saturated heterocycles. The van der Waals surface area contributed by atoms with Crippen LogP contribution in [0.3, 0.4) is 0 Å². The van der Waals surface area contributed by atoms with Crippen LogP contribution in [-0.2, 0) is 17.6 Å². The van der Waals surface area contributed by atoms with Gasteiger partial charge in [-0.05, 0) is 49.2 Å². The zero-order valence-corrected chi connectivity index (χ0v) is 16.9. The molecule has 7 nitrogen and oxygen atoms in total. The van der Waals surface area contributed by atoms with E-state index in [4.69, 9.17) is 10.4 Å². The number of amides is 1. The molecule has 0 bridgehead atoms. The standard InChI is InChI=1S/C22H16N6OS/c1-13(29)25-22-26-18-9-8-17-19(15-3-2-10-24-12-15)27-28(20(17)21(18)30-22)16-6-4-14(11-23)5-7-16/h2-7,10,12H,8-9H2,1H3,(H,25,26,29). The summed E-state index contributed by atoms with van der Waals surface area (Å²) < 4.78 is 1.91. The number of hydrogen-bond donors (Lipinski definition) is 1. The van der Waals surface area contributed by atoms with Crippen molar-refractivity contribution in [3.8, 4) is 33.6 Å². The van der Waals surface area contributed by atoms with Gasteiger partial charge in [0, 0.05) is 30.4 Å². The first-order valence-corrected chi connectivity index (χ1v) is 10.3. The van der Waals surface area contributed by atoms with Crippen LogP contribution >= 0.6 is 11.3 Å². The van der Waals surface area contributed by atoms with Crippen LogP contribution in [-0.4, -0.2) is 25.7 Å². The number of hydrogen-bond acceptors (Lipinski definition) is 6. The maximum Gasteiger partial charge on any atom is 0.223 e. The Morgan fingerprint density at radius 1 is 1.23 bits per heavy atom. The molecule has 1 aromatic carbocycles. The van der Waals surface area contributed by atoms with Crippen molar-refractivity contribution in [3.63, 3.8) is 0 Å². The first-order chi connectivity index (χ1) is 14.6. The van der Waals surface area contributed by atoms with Gasteiger partial charge >= 0.3 is 0 Å². The monoisotopic (exact) mass is 412 g/mol. The molecule has 3 heterocycles. The van der Waals surface area contributed by atoms with Gasteiger partial charge in [0.05, 0.1) is 39.3 Å². The summed E-state index contributed by atoms with van der Waals surface area (Å²) in [5.41, 5.74) is 6.38. The highest BCUT2D eigenvalue weighted by Gasteiger charge is 2.29. The zero-order valence-electron chi connectivity index (χ0n) is 16.1. The van der Waals surface area contributed by atoms with Gasteiger partial charge in [-0.25, -0.2) is 9.67 Å². The second-order valence-corrected chi connectivity index (χ2v) is 7.96. The van der Waals surface area contributed by atoms with E-state index >= 15 is 0 Å². The molecule has 1 amide bonds. The molecular weight excluding hydrogens is 396 g/mol. The van der Waals surface area contributed by atoms with E-state index in [9.17, 15) is 4.79 Å². The van der Waals surface area contributed by atoms with Gasteiger partial charge in [-0.3, -0.25) is 9.78 Å². The van der Waals surface area contributed by atoms with Crippen molar-refractivity contribution in [3.05, 3.63) is 65.6 Å². The lowest BCUT2D eigenvalue weighted by Crippen LogP contribution is -2.07. The lowest BCUT2D eigenvalue weighted by Gasteiger charge is -2.14. The molecule has 5 rings (SSSR count). The van der Waals surface area contributed by atoms with E-state index in [1.165, 1.54) is 18.3 Å². The van der Waals surface area contributed by atoms with Crippen molar-refractivity contribution >= 4 is 22.4 Å². The Balaban J connectivity index is 1.73. The quantitative estimate of drug-likeness (QED) is 0.549. The number of aromatic nitrogens is 4. The fourth-order valence-electron chi connectivity index (χ4n) is 3.67. The van der Waals surface area contributed by atoms with Crippen LogP contribution in [0.4, 0.5) is 5.13 Å². The normalized spacial score (nSPS) is 12.0. The van der Waals surface area contributed by atoms with Gasteiger partial charge in [-0.1, -0.05) is 11.3 Å². The van der Waals surface area contributed by atoms with Crippen LogP contribution in [0.15, 0.2) is 48.8 Å². The Bertz CT molecular complexity index is 1300. The topological polar surface area (TPSA) is 96.5 Å². The molecule has 8 heteroatoms. The average Bonchev–Trinajstić information content (AvgIpc) is 3.34. The van der Waals surface area contributed by atoms with Gasteiger partial charge in [0.25, 0.3) is 0 Å². The Labute approximate surface area is 176 Å². The van der Waals surface area contributed by atoms with E-state index in [1.807, 2.05) is 35.1 Å². The third-order valence-electron chi connectivity index (χ3n) is 4.97. The summed E-state index contributed by atoms with van der Waals surface area (Å²) in [6.45, 7) is 1.48. The number of carbonyl (C=O) groups is 1. The van der Waals surface area contributed by atoms with Gasteiger partial charge in [0.1, 0.15) is 0 Å². The molecule has 0 spiro atoms. The van der Waals surface area contributed by atoms with Crippen molar-refractivity contribution in [1.82, 2.24) is 19.7 Å².